The molecule has 0 aliphatic carbocycles. The molecule has 0 aromatic heterocycles. The Morgan fingerprint density at radius 2 is 1.90 bits per heavy atom. The van der Waals surface area contributed by atoms with Crippen LogP contribution in [-0.4, -0.2) is 23.6 Å². The summed E-state index contributed by atoms with van der Waals surface area (Å²) in [5, 5.41) is 0. The molecule has 0 heterocycles. The monoisotopic (exact) mass is 283 g/mol. The highest BCUT2D eigenvalue weighted by atomic mass is 19.1. The lowest BCUT2D eigenvalue weighted by molar-refractivity contribution is -0.162. The SMILES string of the molecule is CC(Oc1ccc(C(N)=O)c(F)c1)C(=O)OC(C)(C)C. The van der Waals surface area contributed by atoms with Gasteiger partial charge in [0.15, 0.2) is 6.10 Å². The van der Waals surface area contributed by atoms with Crippen molar-refractivity contribution in [3.8, 4) is 5.75 Å². The lowest BCUT2D eigenvalue weighted by Crippen LogP contribution is -2.33. The number of hydrogen-bond acceptors (Lipinski definition) is 4. The predicted octanol–water partition coefficient (Wildman–Crippen LogP) is 2.03. The zero-order valence-electron chi connectivity index (χ0n) is 11.9. The van der Waals surface area contributed by atoms with Crippen LogP contribution >= 0.6 is 0 Å². The zero-order valence-corrected chi connectivity index (χ0v) is 11.9. The van der Waals surface area contributed by atoms with E-state index in [-0.39, 0.29) is 11.3 Å². The van der Waals surface area contributed by atoms with Gasteiger partial charge >= 0.3 is 5.97 Å². The standard InChI is InChI=1S/C14H18FNO4/c1-8(13(18)20-14(2,3)4)19-9-5-6-10(12(16)17)11(15)7-9/h5-8H,1-4H3,(H2,16,17). The fourth-order valence-corrected chi connectivity index (χ4v) is 1.41. The summed E-state index contributed by atoms with van der Waals surface area (Å²) in [7, 11) is 0. The lowest BCUT2D eigenvalue weighted by atomic mass is 10.2. The predicted molar refractivity (Wildman–Crippen MR) is 70.9 cm³/mol. The molecule has 6 heteroatoms. The zero-order chi connectivity index (χ0) is 15.5. The first-order chi connectivity index (χ1) is 9.10. The average Bonchev–Trinajstić information content (AvgIpc) is 2.26. The Morgan fingerprint density at radius 3 is 2.35 bits per heavy atom. The molecule has 2 N–H and O–H groups in total. The number of nitrogens with two attached hydrogens (primary N) is 1. The molecular weight excluding hydrogens is 265 g/mol. The van der Waals surface area contributed by atoms with Gasteiger partial charge in [-0.25, -0.2) is 9.18 Å². The molecule has 0 aliphatic heterocycles. The molecule has 1 aromatic rings. The first-order valence-corrected chi connectivity index (χ1v) is 6.09. The molecule has 1 amide bonds. The summed E-state index contributed by atoms with van der Waals surface area (Å²) in [4.78, 5) is 22.6. The van der Waals surface area contributed by atoms with E-state index in [1.807, 2.05) is 0 Å². The van der Waals surface area contributed by atoms with Gasteiger partial charge in [-0.1, -0.05) is 0 Å². The molecule has 0 spiro atoms. The third kappa shape index (κ3) is 4.53. The minimum Gasteiger partial charge on any atom is -0.479 e. The Hall–Kier alpha value is -2.11. The highest BCUT2D eigenvalue weighted by molar-refractivity contribution is 5.93. The summed E-state index contributed by atoms with van der Waals surface area (Å²) < 4.78 is 23.9. The van der Waals surface area contributed by atoms with Gasteiger partial charge in [0.05, 0.1) is 5.56 Å². The summed E-state index contributed by atoms with van der Waals surface area (Å²) >= 11 is 0. The first-order valence-electron chi connectivity index (χ1n) is 6.09. The minimum atomic E-state index is -0.895. The molecule has 5 nitrogen and oxygen atoms in total. The quantitative estimate of drug-likeness (QED) is 0.858. The summed E-state index contributed by atoms with van der Waals surface area (Å²) in [6, 6.07) is 3.57. The highest BCUT2D eigenvalue weighted by Crippen LogP contribution is 2.19. The van der Waals surface area contributed by atoms with E-state index in [1.165, 1.54) is 19.1 Å². The molecule has 0 saturated heterocycles. The molecule has 1 rings (SSSR count). The van der Waals surface area contributed by atoms with Crippen molar-refractivity contribution in [1.82, 2.24) is 0 Å². The van der Waals surface area contributed by atoms with E-state index in [0.29, 0.717) is 0 Å². The summed E-state index contributed by atoms with van der Waals surface area (Å²) in [5.74, 6) is -2.11. The van der Waals surface area contributed by atoms with Crippen molar-refractivity contribution in [3.63, 3.8) is 0 Å². The van der Waals surface area contributed by atoms with E-state index in [9.17, 15) is 14.0 Å². The molecule has 0 fully saturated rings. The van der Waals surface area contributed by atoms with Crippen molar-refractivity contribution >= 4 is 11.9 Å². The summed E-state index contributed by atoms with van der Waals surface area (Å²) in [6.45, 7) is 6.70. The van der Waals surface area contributed by atoms with Crippen LogP contribution in [0.5, 0.6) is 5.75 Å². The fourth-order valence-electron chi connectivity index (χ4n) is 1.41. The number of halogens is 1. The number of hydrogen-bond donors (Lipinski definition) is 1. The second kappa shape index (κ2) is 5.90. The molecule has 0 saturated carbocycles. The van der Waals surface area contributed by atoms with Crippen LogP contribution in [0.2, 0.25) is 0 Å². The van der Waals surface area contributed by atoms with Crippen molar-refractivity contribution < 1.29 is 23.5 Å². The molecule has 0 aliphatic rings. The van der Waals surface area contributed by atoms with E-state index < -0.39 is 29.4 Å². The molecule has 0 radical (unpaired) electrons. The maximum absolute atomic E-state index is 13.5. The van der Waals surface area contributed by atoms with Gasteiger partial charge in [-0.3, -0.25) is 4.79 Å². The minimum absolute atomic E-state index is 0.117. The topological polar surface area (TPSA) is 78.6 Å². The third-order valence-corrected chi connectivity index (χ3v) is 2.26. The van der Waals surface area contributed by atoms with Gasteiger partial charge in [-0.15, -0.1) is 0 Å². The second-order valence-corrected chi connectivity index (χ2v) is 5.30. The van der Waals surface area contributed by atoms with E-state index in [4.69, 9.17) is 15.2 Å². The van der Waals surface area contributed by atoms with Crippen LogP contribution in [0.25, 0.3) is 0 Å². The second-order valence-electron chi connectivity index (χ2n) is 5.30. The van der Waals surface area contributed by atoms with Gasteiger partial charge in [0.25, 0.3) is 5.91 Å². The number of carbonyl (C=O) groups excluding carboxylic acids is 2. The van der Waals surface area contributed by atoms with Gasteiger partial charge in [0, 0.05) is 6.07 Å². The molecule has 0 bridgehead atoms. The Labute approximate surface area is 116 Å². The third-order valence-electron chi connectivity index (χ3n) is 2.26. The van der Waals surface area contributed by atoms with Crippen molar-refractivity contribution in [3.05, 3.63) is 29.6 Å². The van der Waals surface area contributed by atoms with Crippen molar-refractivity contribution in [2.75, 3.05) is 0 Å². The summed E-state index contributed by atoms with van der Waals surface area (Å²) in [6.07, 6.45) is -0.895. The molecule has 20 heavy (non-hydrogen) atoms. The van der Waals surface area contributed by atoms with Gasteiger partial charge in [-0.05, 0) is 39.8 Å². The van der Waals surface area contributed by atoms with E-state index in [1.54, 1.807) is 20.8 Å². The molecule has 1 atom stereocenters. The van der Waals surface area contributed by atoms with E-state index in [2.05, 4.69) is 0 Å². The smallest absolute Gasteiger partial charge is 0.347 e. The Morgan fingerprint density at radius 1 is 1.30 bits per heavy atom. The van der Waals surface area contributed by atoms with Crippen LogP contribution in [-0.2, 0) is 9.53 Å². The van der Waals surface area contributed by atoms with Crippen LogP contribution in [0.1, 0.15) is 38.1 Å². The molecule has 110 valence electrons. The Balaban J connectivity index is 2.76. The van der Waals surface area contributed by atoms with Crippen LogP contribution in [0.15, 0.2) is 18.2 Å². The normalized spacial score (nSPS) is 12.7. The molecule has 1 aromatic carbocycles. The maximum atomic E-state index is 13.5. The number of rotatable bonds is 4. The first kappa shape index (κ1) is 15.9. The fraction of sp³-hybridized carbons (Fsp3) is 0.429. The Kier molecular flexibility index (Phi) is 4.70. The van der Waals surface area contributed by atoms with Crippen molar-refractivity contribution in [2.45, 2.75) is 39.4 Å². The number of primary amides is 1. The summed E-state index contributed by atoms with van der Waals surface area (Å²) in [5.41, 5.74) is 4.13. The van der Waals surface area contributed by atoms with Gasteiger partial charge in [-0.2, -0.15) is 0 Å². The Bertz CT molecular complexity index is 522. The van der Waals surface area contributed by atoms with E-state index >= 15 is 0 Å². The van der Waals surface area contributed by atoms with Crippen LogP contribution in [0, 0.1) is 5.82 Å². The number of amides is 1. The average molecular weight is 283 g/mol. The lowest BCUT2D eigenvalue weighted by Gasteiger charge is -2.22. The van der Waals surface area contributed by atoms with Gasteiger partial charge in [0.1, 0.15) is 17.2 Å². The van der Waals surface area contributed by atoms with Crippen molar-refractivity contribution in [1.29, 1.82) is 0 Å². The number of esters is 1. The molecule has 1 unspecified atom stereocenters. The number of benzene rings is 1. The van der Waals surface area contributed by atoms with E-state index in [0.717, 1.165) is 6.07 Å². The van der Waals surface area contributed by atoms with Crippen LogP contribution < -0.4 is 10.5 Å². The van der Waals surface area contributed by atoms with Crippen LogP contribution in [0.4, 0.5) is 4.39 Å². The van der Waals surface area contributed by atoms with Gasteiger partial charge in [0.2, 0.25) is 0 Å². The number of carbonyl (C=O) groups is 2. The van der Waals surface area contributed by atoms with Gasteiger partial charge < -0.3 is 15.2 Å². The highest BCUT2D eigenvalue weighted by Gasteiger charge is 2.23. The largest absolute Gasteiger partial charge is 0.479 e. The van der Waals surface area contributed by atoms with Crippen LogP contribution in [0.3, 0.4) is 0 Å². The number of ether oxygens (including phenoxy) is 2. The maximum Gasteiger partial charge on any atom is 0.347 e. The van der Waals surface area contributed by atoms with Crippen molar-refractivity contribution in [2.24, 2.45) is 5.73 Å². The molecular formula is C14H18FNO4.